The van der Waals surface area contributed by atoms with Gasteiger partial charge in [-0.3, -0.25) is 4.79 Å². The van der Waals surface area contributed by atoms with Crippen molar-refractivity contribution < 1.29 is 9.53 Å². The van der Waals surface area contributed by atoms with Crippen LogP contribution in [0.1, 0.15) is 23.3 Å². The molecule has 0 aliphatic carbocycles. The topological polar surface area (TPSA) is 62.1 Å². The fourth-order valence-corrected chi connectivity index (χ4v) is 2.78. The molecule has 1 aromatic rings. The summed E-state index contributed by atoms with van der Waals surface area (Å²) in [5.41, 5.74) is 1.22. The van der Waals surface area contributed by atoms with Gasteiger partial charge >= 0.3 is 0 Å². The fraction of sp³-hybridized carbons (Fsp3) is 0.429. The van der Waals surface area contributed by atoms with Crippen LogP contribution in [0.4, 0.5) is 0 Å². The first kappa shape index (κ1) is 13.8. The molecular formula is C14H16N2O2S. The molecule has 0 bridgehead atoms. The Kier molecular flexibility index (Phi) is 4.72. The van der Waals surface area contributed by atoms with Gasteiger partial charge in [-0.15, -0.1) is 11.3 Å². The van der Waals surface area contributed by atoms with Crippen molar-refractivity contribution in [1.29, 1.82) is 5.26 Å². The summed E-state index contributed by atoms with van der Waals surface area (Å²) >= 11 is 1.52. The van der Waals surface area contributed by atoms with Gasteiger partial charge in [0.15, 0.2) is 0 Å². The van der Waals surface area contributed by atoms with Crippen LogP contribution in [0.25, 0.3) is 6.08 Å². The summed E-state index contributed by atoms with van der Waals surface area (Å²) < 4.78 is 5.43. The molecule has 0 aromatic carbocycles. The van der Waals surface area contributed by atoms with Crippen molar-refractivity contribution in [1.82, 2.24) is 5.32 Å². The van der Waals surface area contributed by atoms with Crippen molar-refractivity contribution >= 4 is 23.3 Å². The summed E-state index contributed by atoms with van der Waals surface area (Å²) in [7, 11) is 0. The molecule has 1 fully saturated rings. The highest BCUT2D eigenvalue weighted by atomic mass is 32.1. The maximum atomic E-state index is 11.9. The molecule has 2 heterocycles. The molecule has 0 spiro atoms. The van der Waals surface area contributed by atoms with E-state index in [-0.39, 0.29) is 17.6 Å². The lowest BCUT2D eigenvalue weighted by molar-refractivity contribution is -0.117. The molecule has 19 heavy (non-hydrogen) atoms. The summed E-state index contributed by atoms with van der Waals surface area (Å²) in [5.74, 6) is -0.328. The largest absolute Gasteiger partial charge is 0.376 e. The van der Waals surface area contributed by atoms with E-state index in [1.807, 2.05) is 24.4 Å². The molecule has 4 nitrogen and oxygen atoms in total. The van der Waals surface area contributed by atoms with Crippen LogP contribution in [0.2, 0.25) is 0 Å². The predicted molar refractivity (Wildman–Crippen MR) is 74.6 cm³/mol. The van der Waals surface area contributed by atoms with Crippen molar-refractivity contribution in [3.8, 4) is 6.07 Å². The standard InChI is InChI=1S/C14H16N2O2S/c1-10-4-6-19-13(10)7-11(8-15)14(17)16-9-12-3-2-5-18-12/h4,6-7,12H,2-3,5,9H2,1H3,(H,16,17). The second kappa shape index (κ2) is 6.50. The minimum absolute atomic E-state index is 0.0902. The van der Waals surface area contributed by atoms with Crippen molar-refractivity contribution in [3.63, 3.8) is 0 Å². The number of thiophene rings is 1. The van der Waals surface area contributed by atoms with Gasteiger partial charge < -0.3 is 10.1 Å². The van der Waals surface area contributed by atoms with E-state index in [4.69, 9.17) is 10.00 Å². The van der Waals surface area contributed by atoms with Crippen molar-refractivity contribution in [2.45, 2.75) is 25.9 Å². The monoisotopic (exact) mass is 276 g/mol. The summed E-state index contributed by atoms with van der Waals surface area (Å²) in [5, 5.41) is 13.8. The molecule has 0 saturated carbocycles. The Bertz CT molecular complexity index is 522. The number of nitrogens with one attached hydrogen (secondary N) is 1. The van der Waals surface area contributed by atoms with Crippen molar-refractivity contribution in [2.24, 2.45) is 0 Å². The number of rotatable bonds is 4. The number of carbonyl (C=O) groups excluding carboxylic acids is 1. The Morgan fingerprint density at radius 2 is 2.58 bits per heavy atom. The van der Waals surface area contributed by atoms with Crippen LogP contribution in [0.15, 0.2) is 17.0 Å². The van der Waals surface area contributed by atoms with Gasteiger partial charge in [0.1, 0.15) is 11.6 Å². The minimum atomic E-state index is -0.328. The van der Waals surface area contributed by atoms with Gasteiger partial charge in [-0.25, -0.2) is 0 Å². The number of amides is 1. The minimum Gasteiger partial charge on any atom is -0.376 e. The van der Waals surface area contributed by atoms with Gasteiger partial charge in [-0.2, -0.15) is 5.26 Å². The van der Waals surface area contributed by atoms with Crippen LogP contribution < -0.4 is 5.32 Å². The summed E-state index contributed by atoms with van der Waals surface area (Å²) in [6.45, 7) is 3.19. The smallest absolute Gasteiger partial charge is 0.262 e. The normalized spacial score (nSPS) is 19.2. The van der Waals surface area contributed by atoms with Crippen LogP contribution in [-0.2, 0) is 9.53 Å². The molecule has 0 radical (unpaired) electrons. The average molecular weight is 276 g/mol. The molecule has 5 heteroatoms. The third kappa shape index (κ3) is 3.66. The van der Waals surface area contributed by atoms with Crippen LogP contribution in [0, 0.1) is 18.3 Å². The molecular weight excluding hydrogens is 260 g/mol. The predicted octanol–water partition coefficient (Wildman–Crippen LogP) is 2.26. The molecule has 1 aromatic heterocycles. The molecule has 2 rings (SSSR count). The number of carbonyl (C=O) groups is 1. The molecule has 1 atom stereocenters. The van der Waals surface area contributed by atoms with E-state index < -0.39 is 0 Å². The highest BCUT2D eigenvalue weighted by molar-refractivity contribution is 7.11. The number of hydrogen-bond donors (Lipinski definition) is 1. The third-order valence-corrected chi connectivity index (χ3v) is 4.02. The lowest BCUT2D eigenvalue weighted by Gasteiger charge is -2.10. The first-order valence-electron chi connectivity index (χ1n) is 6.26. The van der Waals surface area contributed by atoms with Crippen LogP contribution >= 0.6 is 11.3 Å². The molecule has 1 aliphatic rings. The van der Waals surface area contributed by atoms with Gasteiger partial charge in [-0.1, -0.05) is 0 Å². The van der Waals surface area contributed by atoms with Gasteiger partial charge in [0.2, 0.25) is 0 Å². The zero-order valence-electron chi connectivity index (χ0n) is 10.8. The molecule has 1 amide bonds. The van der Waals surface area contributed by atoms with E-state index in [9.17, 15) is 4.79 Å². The Labute approximate surface area is 116 Å². The molecule has 1 aliphatic heterocycles. The van der Waals surface area contributed by atoms with E-state index in [1.165, 1.54) is 11.3 Å². The highest BCUT2D eigenvalue weighted by Crippen LogP contribution is 2.19. The third-order valence-electron chi connectivity index (χ3n) is 3.06. The van der Waals surface area contributed by atoms with Crippen LogP contribution in [0.5, 0.6) is 0 Å². The Hall–Kier alpha value is -1.64. The van der Waals surface area contributed by atoms with Crippen LogP contribution in [-0.4, -0.2) is 25.2 Å². The molecule has 1 N–H and O–H groups in total. The van der Waals surface area contributed by atoms with Gasteiger partial charge in [0.05, 0.1) is 6.10 Å². The van der Waals surface area contributed by atoms with Crippen LogP contribution in [0.3, 0.4) is 0 Å². The maximum Gasteiger partial charge on any atom is 0.262 e. The lowest BCUT2D eigenvalue weighted by atomic mass is 10.2. The first-order chi connectivity index (χ1) is 9.20. The van der Waals surface area contributed by atoms with Gasteiger partial charge in [0, 0.05) is 18.0 Å². The molecule has 100 valence electrons. The Balaban J connectivity index is 1.97. The fourth-order valence-electron chi connectivity index (χ4n) is 1.92. The zero-order valence-corrected chi connectivity index (χ0v) is 11.6. The molecule has 1 unspecified atom stereocenters. The van der Waals surface area contributed by atoms with E-state index in [0.29, 0.717) is 6.54 Å². The quantitative estimate of drug-likeness (QED) is 0.677. The average Bonchev–Trinajstić information content (AvgIpc) is 3.05. The zero-order chi connectivity index (χ0) is 13.7. The number of aryl methyl sites for hydroxylation is 1. The number of nitriles is 1. The summed E-state index contributed by atoms with van der Waals surface area (Å²) in [6, 6.07) is 3.93. The maximum absolute atomic E-state index is 11.9. The first-order valence-corrected chi connectivity index (χ1v) is 7.14. The second-order valence-corrected chi connectivity index (χ2v) is 5.43. The second-order valence-electron chi connectivity index (χ2n) is 4.48. The summed E-state index contributed by atoms with van der Waals surface area (Å²) in [4.78, 5) is 12.9. The highest BCUT2D eigenvalue weighted by Gasteiger charge is 2.17. The number of nitrogens with zero attached hydrogens (tertiary/aromatic N) is 1. The van der Waals surface area contributed by atoms with E-state index >= 15 is 0 Å². The lowest BCUT2D eigenvalue weighted by Crippen LogP contribution is -2.32. The molecule has 1 saturated heterocycles. The number of ether oxygens (including phenoxy) is 1. The Morgan fingerprint density at radius 1 is 1.74 bits per heavy atom. The SMILES string of the molecule is Cc1ccsc1C=C(C#N)C(=O)NCC1CCCO1. The summed E-state index contributed by atoms with van der Waals surface area (Å²) in [6.07, 6.45) is 3.74. The van der Waals surface area contributed by atoms with E-state index in [1.54, 1.807) is 6.08 Å². The van der Waals surface area contributed by atoms with Crippen molar-refractivity contribution in [3.05, 3.63) is 27.5 Å². The van der Waals surface area contributed by atoms with E-state index in [0.717, 1.165) is 29.9 Å². The van der Waals surface area contributed by atoms with Crippen molar-refractivity contribution in [2.75, 3.05) is 13.2 Å². The van der Waals surface area contributed by atoms with E-state index in [2.05, 4.69) is 5.32 Å². The van der Waals surface area contributed by atoms with Gasteiger partial charge in [0.25, 0.3) is 5.91 Å². The number of hydrogen-bond acceptors (Lipinski definition) is 4. The Morgan fingerprint density at radius 3 is 3.16 bits per heavy atom. The van der Waals surface area contributed by atoms with Gasteiger partial charge in [-0.05, 0) is 42.9 Å².